The third-order valence-electron chi connectivity index (χ3n) is 4.37. The quantitative estimate of drug-likeness (QED) is 0.858. The summed E-state index contributed by atoms with van der Waals surface area (Å²) in [5.41, 5.74) is 2.55. The Morgan fingerprint density at radius 2 is 2.14 bits per heavy atom. The van der Waals surface area contributed by atoms with Crippen molar-refractivity contribution in [3.63, 3.8) is 0 Å². The lowest BCUT2D eigenvalue weighted by Gasteiger charge is -2.38. The Hall–Kier alpha value is -1.22. The van der Waals surface area contributed by atoms with E-state index in [1.54, 1.807) is 7.11 Å². The second kappa shape index (κ2) is 7.69. The minimum atomic E-state index is 0.502. The van der Waals surface area contributed by atoms with Crippen LogP contribution in [0.1, 0.15) is 52.0 Å². The number of hydrogen-bond donors (Lipinski definition) is 1. The molecule has 3 nitrogen and oxygen atoms in total. The first-order chi connectivity index (χ1) is 10.2. The Bertz CT molecular complexity index is 445. The normalized spacial score (nSPS) is 19.1. The highest BCUT2D eigenvalue weighted by molar-refractivity contribution is 5.60. The van der Waals surface area contributed by atoms with Gasteiger partial charge in [-0.2, -0.15) is 0 Å². The van der Waals surface area contributed by atoms with Gasteiger partial charge in [0.2, 0.25) is 0 Å². The van der Waals surface area contributed by atoms with Gasteiger partial charge >= 0.3 is 0 Å². The summed E-state index contributed by atoms with van der Waals surface area (Å²) >= 11 is 0. The Morgan fingerprint density at radius 1 is 1.33 bits per heavy atom. The summed E-state index contributed by atoms with van der Waals surface area (Å²) in [6.07, 6.45) is 5.15. The van der Waals surface area contributed by atoms with Crippen molar-refractivity contribution in [1.82, 2.24) is 5.32 Å². The van der Waals surface area contributed by atoms with Gasteiger partial charge in [-0.1, -0.05) is 26.8 Å². The fourth-order valence-electron chi connectivity index (χ4n) is 3.13. The molecule has 3 heteroatoms. The number of piperidine rings is 1. The third-order valence-corrected chi connectivity index (χ3v) is 4.37. The molecule has 1 aromatic carbocycles. The highest BCUT2D eigenvalue weighted by Gasteiger charge is 2.23. The maximum atomic E-state index is 5.67. The minimum absolute atomic E-state index is 0.502. The van der Waals surface area contributed by atoms with E-state index in [9.17, 15) is 0 Å². The summed E-state index contributed by atoms with van der Waals surface area (Å²) in [4.78, 5) is 2.54. The molecular weight excluding hydrogens is 260 g/mol. The number of benzene rings is 1. The van der Waals surface area contributed by atoms with Crippen LogP contribution in [0.25, 0.3) is 0 Å². The number of hydrogen-bond acceptors (Lipinski definition) is 3. The van der Waals surface area contributed by atoms with E-state index in [-0.39, 0.29) is 0 Å². The molecule has 0 spiro atoms. The van der Waals surface area contributed by atoms with Gasteiger partial charge < -0.3 is 15.0 Å². The first-order valence-electron chi connectivity index (χ1n) is 8.32. The van der Waals surface area contributed by atoms with E-state index < -0.39 is 0 Å². The molecule has 1 atom stereocenters. The Balaban J connectivity index is 2.18. The summed E-state index contributed by atoms with van der Waals surface area (Å²) in [7, 11) is 1.78. The van der Waals surface area contributed by atoms with Crippen molar-refractivity contribution in [2.45, 2.75) is 65.1 Å². The summed E-state index contributed by atoms with van der Waals surface area (Å²) in [5.74, 6) is 1.01. The number of rotatable bonds is 6. The number of ether oxygens (including phenoxy) is 1. The number of nitrogens with zero attached hydrogens (tertiary/aromatic N) is 1. The summed E-state index contributed by atoms with van der Waals surface area (Å²) in [6, 6.07) is 7.82. The molecule has 0 amide bonds. The smallest absolute Gasteiger partial charge is 0.142 e. The second-order valence-electron chi connectivity index (χ2n) is 6.29. The molecule has 1 aromatic rings. The zero-order chi connectivity index (χ0) is 15.2. The van der Waals surface area contributed by atoms with Crippen LogP contribution < -0.4 is 15.0 Å². The van der Waals surface area contributed by atoms with E-state index in [1.165, 1.54) is 36.9 Å². The van der Waals surface area contributed by atoms with Crippen molar-refractivity contribution in [1.29, 1.82) is 0 Å². The largest absolute Gasteiger partial charge is 0.495 e. The monoisotopic (exact) mass is 290 g/mol. The van der Waals surface area contributed by atoms with Crippen LogP contribution in [0.4, 0.5) is 5.69 Å². The van der Waals surface area contributed by atoms with E-state index in [1.807, 2.05) is 0 Å². The zero-order valence-electron chi connectivity index (χ0n) is 14.0. The van der Waals surface area contributed by atoms with E-state index >= 15 is 0 Å². The topological polar surface area (TPSA) is 24.5 Å². The van der Waals surface area contributed by atoms with Gasteiger partial charge in [0.15, 0.2) is 0 Å². The SMILES string of the molecule is CCC1CCCCN1c1ccc(CNC(C)C)cc1OC. The van der Waals surface area contributed by atoms with Crippen LogP contribution >= 0.6 is 0 Å². The van der Waals surface area contributed by atoms with Crippen LogP contribution in [-0.4, -0.2) is 25.7 Å². The zero-order valence-corrected chi connectivity index (χ0v) is 14.0. The van der Waals surface area contributed by atoms with E-state index in [4.69, 9.17) is 4.74 Å². The van der Waals surface area contributed by atoms with Crippen molar-refractivity contribution >= 4 is 5.69 Å². The van der Waals surface area contributed by atoms with Gasteiger partial charge in [0.25, 0.3) is 0 Å². The fourth-order valence-corrected chi connectivity index (χ4v) is 3.13. The lowest BCUT2D eigenvalue weighted by atomic mass is 9.98. The van der Waals surface area contributed by atoms with Gasteiger partial charge in [0.1, 0.15) is 5.75 Å². The Kier molecular flexibility index (Phi) is 5.92. The van der Waals surface area contributed by atoms with Gasteiger partial charge in [-0.25, -0.2) is 0 Å². The predicted molar refractivity (Wildman–Crippen MR) is 90.2 cm³/mol. The molecule has 0 bridgehead atoms. The molecule has 1 N–H and O–H groups in total. The predicted octanol–water partition coefficient (Wildman–Crippen LogP) is 3.96. The maximum absolute atomic E-state index is 5.67. The average Bonchev–Trinajstić information content (AvgIpc) is 2.52. The molecule has 0 saturated carbocycles. The van der Waals surface area contributed by atoms with E-state index in [0.717, 1.165) is 18.8 Å². The van der Waals surface area contributed by atoms with Crippen LogP contribution in [0, 0.1) is 0 Å². The maximum Gasteiger partial charge on any atom is 0.142 e. The molecule has 1 aliphatic heterocycles. The van der Waals surface area contributed by atoms with E-state index in [2.05, 4.69) is 49.2 Å². The van der Waals surface area contributed by atoms with Crippen molar-refractivity contribution in [3.8, 4) is 5.75 Å². The van der Waals surface area contributed by atoms with Crippen LogP contribution in [-0.2, 0) is 6.54 Å². The molecule has 21 heavy (non-hydrogen) atoms. The van der Waals surface area contributed by atoms with Gasteiger partial charge in [0.05, 0.1) is 12.8 Å². The van der Waals surface area contributed by atoms with Gasteiger partial charge in [-0.05, 0) is 43.4 Å². The first kappa shape index (κ1) is 16.2. The van der Waals surface area contributed by atoms with Crippen LogP contribution in [0.3, 0.4) is 0 Å². The summed E-state index contributed by atoms with van der Waals surface area (Å²) < 4.78 is 5.67. The number of anilines is 1. The molecule has 118 valence electrons. The standard InChI is InChI=1S/C18H30N2O/c1-5-16-8-6-7-11-20(16)17-10-9-15(12-18(17)21-4)13-19-14(2)3/h9-10,12,14,16,19H,5-8,11,13H2,1-4H3. The van der Waals surface area contributed by atoms with Gasteiger partial charge in [0, 0.05) is 25.2 Å². The molecule has 1 unspecified atom stereocenters. The van der Waals surface area contributed by atoms with Crippen molar-refractivity contribution in [3.05, 3.63) is 23.8 Å². The fraction of sp³-hybridized carbons (Fsp3) is 0.667. The van der Waals surface area contributed by atoms with Crippen LogP contribution in [0.15, 0.2) is 18.2 Å². The van der Waals surface area contributed by atoms with Gasteiger partial charge in [-0.15, -0.1) is 0 Å². The molecule has 1 fully saturated rings. The lowest BCUT2D eigenvalue weighted by Crippen LogP contribution is -2.39. The summed E-state index contributed by atoms with van der Waals surface area (Å²) in [5, 5.41) is 3.46. The molecule has 2 rings (SSSR count). The molecule has 1 heterocycles. The summed E-state index contributed by atoms with van der Waals surface area (Å²) in [6.45, 7) is 8.68. The Labute approximate surface area is 129 Å². The second-order valence-corrected chi connectivity index (χ2v) is 6.29. The van der Waals surface area contributed by atoms with Crippen molar-refractivity contribution in [2.24, 2.45) is 0 Å². The van der Waals surface area contributed by atoms with Crippen molar-refractivity contribution in [2.75, 3.05) is 18.6 Å². The van der Waals surface area contributed by atoms with Crippen LogP contribution in [0.5, 0.6) is 5.75 Å². The highest BCUT2D eigenvalue weighted by Crippen LogP contribution is 2.34. The molecule has 0 radical (unpaired) electrons. The number of methoxy groups -OCH3 is 1. The first-order valence-corrected chi connectivity index (χ1v) is 8.32. The molecule has 0 aliphatic carbocycles. The molecule has 1 aliphatic rings. The third kappa shape index (κ3) is 4.13. The highest BCUT2D eigenvalue weighted by atomic mass is 16.5. The number of nitrogens with one attached hydrogen (secondary N) is 1. The minimum Gasteiger partial charge on any atom is -0.495 e. The van der Waals surface area contributed by atoms with Crippen LogP contribution in [0.2, 0.25) is 0 Å². The molecule has 0 aromatic heterocycles. The molecular formula is C18H30N2O. The Morgan fingerprint density at radius 3 is 2.81 bits per heavy atom. The lowest BCUT2D eigenvalue weighted by molar-refractivity contribution is 0.401. The van der Waals surface area contributed by atoms with E-state index in [0.29, 0.717) is 12.1 Å². The molecule has 1 saturated heterocycles. The van der Waals surface area contributed by atoms with Crippen molar-refractivity contribution < 1.29 is 4.74 Å². The average molecular weight is 290 g/mol. The van der Waals surface area contributed by atoms with Gasteiger partial charge in [-0.3, -0.25) is 0 Å².